The predicted octanol–water partition coefficient (Wildman–Crippen LogP) is 4.13. The first kappa shape index (κ1) is 14.6. The highest BCUT2D eigenvalue weighted by Crippen LogP contribution is 2.22. The average Bonchev–Trinajstić information content (AvgIpc) is 2.53. The minimum Gasteiger partial charge on any atom is -0.378 e. The molecule has 1 aliphatic heterocycles. The van der Waals surface area contributed by atoms with Gasteiger partial charge in [0.2, 0.25) is 0 Å². The van der Waals surface area contributed by atoms with Crippen molar-refractivity contribution in [2.45, 2.75) is 45.4 Å². The van der Waals surface area contributed by atoms with Gasteiger partial charge in [-0.3, -0.25) is 0 Å². The van der Waals surface area contributed by atoms with E-state index in [0.717, 1.165) is 26.0 Å². The Morgan fingerprint density at radius 3 is 2.81 bits per heavy atom. The molecule has 0 bridgehead atoms. The first-order valence-electron chi connectivity index (χ1n) is 8.05. The molecule has 0 radical (unpaired) electrons. The van der Waals surface area contributed by atoms with Crippen LogP contribution in [0.15, 0.2) is 42.5 Å². The zero-order valence-corrected chi connectivity index (χ0v) is 13.0. The Morgan fingerprint density at radius 2 is 1.95 bits per heavy atom. The lowest BCUT2D eigenvalue weighted by Crippen LogP contribution is -2.40. The summed E-state index contributed by atoms with van der Waals surface area (Å²) >= 11 is 0. The molecule has 2 atom stereocenters. The predicted molar refractivity (Wildman–Crippen MR) is 88.4 cm³/mol. The van der Waals surface area contributed by atoms with Crippen molar-refractivity contribution in [3.05, 3.63) is 48.0 Å². The number of hydrogen-bond donors (Lipinski definition) is 1. The molecular weight excluding hydrogens is 258 g/mol. The summed E-state index contributed by atoms with van der Waals surface area (Å²) < 4.78 is 5.85. The maximum atomic E-state index is 5.85. The Balaban J connectivity index is 1.66. The fraction of sp³-hybridized carbons (Fsp3) is 0.474. The van der Waals surface area contributed by atoms with Gasteiger partial charge in [0.15, 0.2) is 0 Å². The normalized spacial score (nSPS) is 22.8. The Bertz CT molecular complexity index is 588. The van der Waals surface area contributed by atoms with Gasteiger partial charge in [0.25, 0.3) is 0 Å². The zero-order chi connectivity index (χ0) is 14.7. The summed E-state index contributed by atoms with van der Waals surface area (Å²) in [5.74, 6) is 0.604. The van der Waals surface area contributed by atoms with Gasteiger partial charge in [0, 0.05) is 19.2 Å². The van der Waals surface area contributed by atoms with Crippen LogP contribution in [-0.4, -0.2) is 18.8 Å². The molecule has 0 amide bonds. The van der Waals surface area contributed by atoms with Crippen molar-refractivity contribution in [2.75, 3.05) is 6.61 Å². The quantitative estimate of drug-likeness (QED) is 0.911. The molecule has 2 unspecified atom stereocenters. The van der Waals surface area contributed by atoms with Crippen LogP contribution in [0, 0.1) is 5.92 Å². The molecule has 3 rings (SSSR count). The van der Waals surface area contributed by atoms with E-state index in [1.54, 1.807) is 0 Å². The van der Waals surface area contributed by atoms with Crippen molar-refractivity contribution >= 4 is 10.8 Å². The minimum atomic E-state index is 0.406. The molecule has 0 spiro atoms. The fourth-order valence-corrected chi connectivity index (χ4v) is 3.18. The minimum absolute atomic E-state index is 0.406. The van der Waals surface area contributed by atoms with E-state index >= 15 is 0 Å². The smallest absolute Gasteiger partial charge is 0.0612 e. The van der Waals surface area contributed by atoms with Crippen molar-refractivity contribution in [3.8, 4) is 0 Å². The molecule has 1 aliphatic rings. The highest BCUT2D eigenvalue weighted by Gasteiger charge is 2.24. The van der Waals surface area contributed by atoms with Gasteiger partial charge in [-0.15, -0.1) is 0 Å². The summed E-state index contributed by atoms with van der Waals surface area (Å²) in [4.78, 5) is 0. The number of nitrogens with one attached hydrogen (secondary N) is 1. The highest BCUT2D eigenvalue weighted by atomic mass is 16.5. The molecule has 1 N–H and O–H groups in total. The Labute approximate surface area is 127 Å². The van der Waals surface area contributed by atoms with E-state index in [9.17, 15) is 0 Å². The maximum absolute atomic E-state index is 5.85. The highest BCUT2D eigenvalue weighted by molar-refractivity contribution is 5.85. The summed E-state index contributed by atoms with van der Waals surface area (Å²) in [6, 6.07) is 15.8. The van der Waals surface area contributed by atoms with E-state index in [0.29, 0.717) is 18.1 Å². The van der Waals surface area contributed by atoms with E-state index in [2.05, 4.69) is 61.6 Å². The van der Waals surface area contributed by atoms with Crippen molar-refractivity contribution in [3.63, 3.8) is 0 Å². The molecule has 0 saturated carbocycles. The lowest BCUT2D eigenvalue weighted by Gasteiger charge is -2.32. The maximum Gasteiger partial charge on any atom is 0.0612 e. The summed E-state index contributed by atoms with van der Waals surface area (Å²) in [6.45, 7) is 6.32. The third-order valence-electron chi connectivity index (χ3n) is 4.52. The number of fused-ring (bicyclic) bond motifs is 1. The second-order valence-electron chi connectivity index (χ2n) is 6.39. The first-order valence-corrected chi connectivity index (χ1v) is 8.05. The van der Waals surface area contributed by atoms with E-state index < -0.39 is 0 Å². The van der Waals surface area contributed by atoms with Crippen LogP contribution in [0.2, 0.25) is 0 Å². The molecule has 112 valence electrons. The summed E-state index contributed by atoms with van der Waals surface area (Å²) in [6.07, 6.45) is 2.65. The third-order valence-corrected chi connectivity index (χ3v) is 4.52. The number of ether oxygens (including phenoxy) is 1. The van der Waals surface area contributed by atoms with Gasteiger partial charge in [0.05, 0.1) is 6.10 Å². The third kappa shape index (κ3) is 3.45. The molecule has 0 aromatic heterocycles. The Morgan fingerprint density at radius 1 is 1.14 bits per heavy atom. The molecule has 2 heteroatoms. The SMILES string of the molecule is CC(C)C1CC(NCc2cccc3ccccc23)CCO1. The van der Waals surface area contributed by atoms with Gasteiger partial charge >= 0.3 is 0 Å². The van der Waals surface area contributed by atoms with Gasteiger partial charge in [-0.2, -0.15) is 0 Å². The number of benzene rings is 2. The molecule has 2 nitrogen and oxygen atoms in total. The average molecular weight is 283 g/mol. The van der Waals surface area contributed by atoms with Crippen LogP contribution in [0.1, 0.15) is 32.3 Å². The van der Waals surface area contributed by atoms with Gasteiger partial charge in [-0.25, -0.2) is 0 Å². The van der Waals surface area contributed by atoms with Crippen molar-refractivity contribution < 1.29 is 4.74 Å². The topological polar surface area (TPSA) is 21.3 Å². The van der Waals surface area contributed by atoms with Crippen molar-refractivity contribution in [1.82, 2.24) is 5.32 Å². The van der Waals surface area contributed by atoms with Crippen LogP contribution < -0.4 is 5.32 Å². The second-order valence-corrected chi connectivity index (χ2v) is 6.39. The summed E-state index contributed by atoms with van der Waals surface area (Å²) in [5, 5.41) is 6.42. The lowest BCUT2D eigenvalue weighted by atomic mass is 9.95. The van der Waals surface area contributed by atoms with Crippen LogP contribution in [-0.2, 0) is 11.3 Å². The summed E-state index contributed by atoms with van der Waals surface area (Å²) in [5.41, 5.74) is 1.39. The van der Waals surface area contributed by atoms with E-state index in [1.807, 2.05) is 0 Å². The number of hydrogen-bond acceptors (Lipinski definition) is 2. The molecule has 0 aliphatic carbocycles. The van der Waals surface area contributed by atoms with Crippen LogP contribution >= 0.6 is 0 Å². The molecule has 1 fully saturated rings. The molecule has 2 aromatic rings. The molecule has 21 heavy (non-hydrogen) atoms. The molecular formula is C19H25NO. The van der Waals surface area contributed by atoms with Crippen LogP contribution in [0.3, 0.4) is 0 Å². The van der Waals surface area contributed by atoms with Crippen LogP contribution in [0.25, 0.3) is 10.8 Å². The van der Waals surface area contributed by atoms with Gasteiger partial charge < -0.3 is 10.1 Å². The van der Waals surface area contributed by atoms with E-state index in [4.69, 9.17) is 4.74 Å². The van der Waals surface area contributed by atoms with Crippen molar-refractivity contribution in [1.29, 1.82) is 0 Å². The van der Waals surface area contributed by atoms with Crippen LogP contribution in [0.5, 0.6) is 0 Å². The lowest BCUT2D eigenvalue weighted by molar-refractivity contribution is -0.0245. The second kappa shape index (κ2) is 6.59. The first-order chi connectivity index (χ1) is 10.2. The zero-order valence-electron chi connectivity index (χ0n) is 13.0. The van der Waals surface area contributed by atoms with Gasteiger partial charge in [-0.05, 0) is 35.1 Å². The standard InChI is InChI=1S/C19H25NO/c1-14(2)19-12-17(10-11-21-19)20-13-16-8-5-7-15-6-3-4-9-18(15)16/h3-9,14,17,19-20H,10-13H2,1-2H3. The van der Waals surface area contributed by atoms with E-state index in [1.165, 1.54) is 16.3 Å². The van der Waals surface area contributed by atoms with Crippen LogP contribution in [0.4, 0.5) is 0 Å². The Hall–Kier alpha value is -1.38. The Kier molecular flexibility index (Phi) is 4.57. The van der Waals surface area contributed by atoms with E-state index in [-0.39, 0.29) is 0 Å². The summed E-state index contributed by atoms with van der Waals surface area (Å²) in [7, 11) is 0. The molecule has 2 aromatic carbocycles. The largest absolute Gasteiger partial charge is 0.378 e. The molecule has 1 saturated heterocycles. The van der Waals surface area contributed by atoms with Gasteiger partial charge in [-0.1, -0.05) is 56.3 Å². The fourth-order valence-electron chi connectivity index (χ4n) is 3.18. The molecule has 1 heterocycles. The monoisotopic (exact) mass is 283 g/mol. The number of rotatable bonds is 4. The van der Waals surface area contributed by atoms with Crippen molar-refractivity contribution in [2.24, 2.45) is 5.92 Å². The van der Waals surface area contributed by atoms with Gasteiger partial charge in [0.1, 0.15) is 0 Å².